The fourth-order valence-electron chi connectivity index (χ4n) is 3.24. The minimum atomic E-state index is -0.406. The standard InChI is InChI=1S/C23H23NO/c1-23(2,3)19-15-14-18(22(24)25)20(16-10-6-4-7-11-16)21(19)17-12-8-5-9-13-17/h4-15H,1-3H3,(H2,24,25). The molecule has 0 atom stereocenters. The van der Waals surface area contributed by atoms with Crippen LogP contribution in [0.3, 0.4) is 0 Å². The largest absolute Gasteiger partial charge is 0.366 e. The van der Waals surface area contributed by atoms with Crippen molar-refractivity contribution in [1.29, 1.82) is 0 Å². The molecular formula is C23H23NO. The Kier molecular flexibility index (Phi) is 4.45. The second kappa shape index (κ2) is 6.56. The number of hydrogen-bond donors (Lipinski definition) is 1. The summed E-state index contributed by atoms with van der Waals surface area (Å²) in [4.78, 5) is 12.2. The van der Waals surface area contributed by atoms with Gasteiger partial charge in [0.05, 0.1) is 0 Å². The van der Waals surface area contributed by atoms with Gasteiger partial charge in [-0.05, 0) is 33.7 Å². The van der Waals surface area contributed by atoms with Gasteiger partial charge in [0.15, 0.2) is 0 Å². The first-order valence-electron chi connectivity index (χ1n) is 8.47. The molecule has 0 heterocycles. The van der Waals surface area contributed by atoms with E-state index >= 15 is 0 Å². The minimum Gasteiger partial charge on any atom is -0.366 e. The van der Waals surface area contributed by atoms with E-state index in [4.69, 9.17) is 5.73 Å². The quantitative estimate of drug-likeness (QED) is 0.685. The lowest BCUT2D eigenvalue weighted by molar-refractivity contribution is 0.100. The van der Waals surface area contributed by atoms with Gasteiger partial charge in [-0.3, -0.25) is 4.79 Å². The van der Waals surface area contributed by atoms with E-state index in [0.717, 1.165) is 22.3 Å². The van der Waals surface area contributed by atoms with Crippen LogP contribution in [0.15, 0.2) is 72.8 Å². The monoisotopic (exact) mass is 329 g/mol. The molecule has 0 saturated carbocycles. The van der Waals surface area contributed by atoms with Gasteiger partial charge in [0.2, 0.25) is 5.91 Å². The summed E-state index contributed by atoms with van der Waals surface area (Å²) in [5, 5.41) is 0. The second-order valence-corrected chi connectivity index (χ2v) is 7.26. The maximum absolute atomic E-state index is 12.2. The first-order valence-corrected chi connectivity index (χ1v) is 8.47. The zero-order valence-electron chi connectivity index (χ0n) is 14.9. The highest BCUT2D eigenvalue weighted by Crippen LogP contribution is 2.42. The highest BCUT2D eigenvalue weighted by Gasteiger charge is 2.25. The Labute approximate surface area is 149 Å². The molecule has 2 N–H and O–H groups in total. The number of rotatable bonds is 3. The molecule has 0 aliphatic heterocycles. The molecular weight excluding hydrogens is 306 g/mol. The van der Waals surface area contributed by atoms with Crippen LogP contribution in [0.4, 0.5) is 0 Å². The fraction of sp³-hybridized carbons (Fsp3) is 0.174. The number of nitrogens with two attached hydrogens (primary N) is 1. The highest BCUT2D eigenvalue weighted by atomic mass is 16.1. The molecule has 0 aromatic heterocycles. The molecule has 3 aromatic carbocycles. The normalized spacial score (nSPS) is 11.3. The van der Waals surface area contributed by atoms with Gasteiger partial charge < -0.3 is 5.73 Å². The maximum atomic E-state index is 12.2. The first kappa shape index (κ1) is 17.0. The van der Waals surface area contributed by atoms with Crippen molar-refractivity contribution < 1.29 is 4.79 Å². The van der Waals surface area contributed by atoms with Gasteiger partial charge in [0.25, 0.3) is 0 Å². The fourth-order valence-corrected chi connectivity index (χ4v) is 3.24. The van der Waals surface area contributed by atoms with Crippen LogP contribution < -0.4 is 5.73 Å². The number of hydrogen-bond acceptors (Lipinski definition) is 1. The zero-order valence-corrected chi connectivity index (χ0v) is 14.9. The molecule has 2 nitrogen and oxygen atoms in total. The van der Waals surface area contributed by atoms with E-state index in [1.54, 1.807) is 0 Å². The lowest BCUT2D eigenvalue weighted by Gasteiger charge is -2.27. The van der Waals surface area contributed by atoms with Gasteiger partial charge in [0, 0.05) is 11.1 Å². The van der Waals surface area contributed by atoms with Crippen LogP contribution in [0, 0.1) is 0 Å². The Balaban J connectivity index is 2.46. The Bertz CT molecular complexity index is 891. The van der Waals surface area contributed by atoms with Crippen LogP contribution in [0.1, 0.15) is 36.7 Å². The van der Waals surface area contributed by atoms with Crippen molar-refractivity contribution in [3.05, 3.63) is 83.9 Å². The van der Waals surface area contributed by atoms with Crippen molar-refractivity contribution >= 4 is 5.91 Å². The van der Waals surface area contributed by atoms with Crippen LogP contribution in [-0.2, 0) is 5.41 Å². The van der Waals surface area contributed by atoms with E-state index in [-0.39, 0.29) is 5.41 Å². The van der Waals surface area contributed by atoms with Crippen molar-refractivity contribution in [3.63, 3.8) is 0 Å². The zero-order chi connectivity index (χ0) is 18.0. The smallest absolute Gasteiger partial charge is 0.249 e. The number of carbonyl (C=O) groups is 1. The third-order valence-corrected chi connectivity index (χ3v) is 4.40. The summed E-state index contributed by atoms with van der Waals surface area (Å²) in [7, 11) is 0. The molecule has 126 valence electrons. The Morgan fingerprint density at radius 1 is 0.720 bits per heavy atom. The Hall–Kier alpha value is -2.87. The molecule has 0 aliphatic rings. The molecule has 0 radical (unpaired) electrons. The molecule has 25 heavy (non-hydrogen) atoms. The summed E-state index contributed by atoms with van der Waals surface area (Å²) in [6.07, 6.45) is 0. The van der Waals surface area contributed by atoms with E-state index in [1.807, 2.05) is 60.7 Å². The average Bonchev–Trinajstić information content (AvgIpc) is 2.61. The lowest BCUT2D eigenvalue weighted by Crippen LogP contribution is -2.18. The van der Waals surface area contributed by atoms with Crippen LogP contribution in [-0.4, -0.2) is 5.91 Å². The summed E-state index contributed by atoms with van der Waals surface area (Å²) in [6.45, 7) is 6.56. The van der Waals surface area contributed by atoms with Crippen molar-refractivity contribution in [2.24, 2.45) is 5.73 Å². The minimum absolute atomic E-state index is 0.0646. The van der Waals surface area contributed by atoms with E-state index in [2.05, 4.69) is 32.9 Å². The summed E-state index contributed by atoms with van der Waals surface area (Å²) in [5.41, 5.74) is 11.5. The maximum Gasteiger partial charge on any atom is 0.249 e. The van der Waals surface area contributed by atoms with Crippen molar-refractivity contribution in [2.45, 2.75) is 26.2 Å². The molecule has 0 unspecified atom stereocenters. The number of carbonyl (C=O) groups excluding carboxylic acids is 1. The van der Waals surface area contributed by atoms with Crippen LogP contribution >= 0.6 is 0 Å². The molecule has 0 fully saturated rings. The van der Waals surface area contributed by atoms with Crippen molar-refractivity contribution in [1.82, 2.24) is 0 Å². The third-order valence-electron chi connectivity index (χ3n) is 4.40. The van der Waals surface area contributed by atoms with Crippen LogP contribution in [0.25, 0.3) is 22.3 Å². The molecule has 2 heteroatoms. The molecule has 3 aromatic rings. The molecule has 0 bridgehead atoms. The Morgan fingerprint density at radius 2 is 1.20 bits per heavy atom. The average molecular weight is 329 g/mol. The highest BCUT2D eigenvalue weighted by molar-refractivity contribution is 6.04. The first-order chi connectivity index (χ1) is 11.9. The summed E-state index contributed by atoms with van der Waals surface area (Å²) in [5.74, 6) is -0.406. The molecule has 0 saturated heterocycles. The number of amides is 1. The SMILES string of the molecule is CC(C)(C)c1ccc(C(N)=O)c(-c2ccccc2)c1-c1ccccc1. The number of benzene rings is 3. The molecule has 0 spiro atoms. The van der Waals surface area contributed by atoms with E-state index in [0.29, 0.717) is 5.56 Å². The summed E-state index contributed by atoms with van der Waals surface area (Å²) in [6, 6.07) is 24.1. The lowest BCUT2D eigenvalue weighted by atomic mass is 9.77. The Morgan fingerprint density at radius 3 is 1.64 bits per heavy atom. The van der Waals surface area contributed by atoms with Gasteiger partial charge in [-0.15, -0.1) is 0 Å². The van der Waals surface area contributed by atoms with Gasteiger partial charge in [-0.2, -0.15) is 0 Å². The van der Waals surface area contributed by atoms with Crippen molar-refractivity contribution in [3.8, 4) is 22.3 Å². The molecule has 3 rings (SSSR count). The van der Waals surface area contributed by atoms with E-state index in [1.165, 1.54) is 5.56 Å². The van der Waals surface area contributed by atoms with Gasteiger partial charge in [-0.1, -0.05) is 87.5 Å². The molecule has 1 amide bonds. The third kappa shape index (κ3) is 3.34. The predicted molar refractivity (Wildman–Crippen MR) is 105 cm³/mol. The summed E-state index contributed by atoms with van der Waals surface area (Å²) >= 11 is 0. The van der Waals surface area contributed by atoms with Crippen molar-refractivity contribution in [2.75, 3.05) is 0 Å². The van der Waals surface area contributed by atoms with Gasteiger partial charge in [0.1, 0.15) is 0 Å². The molecule has 0 aliphatic carbocycles. The predicted octanol–water partition coefficient (Wildman–Crippen LogP) is 5.42. The van der Waals surface area contributed by atoms with E-state index in [9.17, 15) is 4.79 Å². The van der Waals surface area contributed by atoms with Crippen LogP contribution in [0.5, 0.6) is 0 Å². The topological polar surface area (TPSA) is 43.1 Å². The number of primary amides is 1. The summed E-state index contributed by atoms with van der Waals surface area (Å²) < 4.78 is 0. The van der Waals surface area contributed by atoms with E-state index < -0.39 is 5.91 Å². The van der Waals surface area contributed by atoms with Gasteiger partial charge >= 0.3 is 0 Å². The van der Waals surface area contributed by atoms with Gasteiger partial charge in [-0.25, -0.2) is 0 Å². The van der Waals surface area contributed by atoms with Crippen LogP contribution in [0.2, 0.25) is 0 Å². The second-order valence-electron chi connectivity index (χ2n) is 7.26.